The predicted octanol–water partition coefficient (Wildman–Crippen LogP) is 11.4. The summed E-state index contributed by atoms with van der Waals surface area (Å²) in [6, 6.07) is 50.0. The second-order valence-electron chi connectivity index (χ2n) is 12.2. The Bertz CT molecular complexity index is 2330. The van der Waals surface area contributed by atoms with E-state index >= 15 is 0 Å². The van der Waals surface area contributed by atoms with Gasteiger partial charge in [0, 0.05) is 5.41 Å². The minimum absolute atomic E-state index is 0.00715. The summed E-state index contributed by atoms with van der Waals surface area (Å²) < 4.78 is 0. The molecule has 0 saturated carbocycles. The lowest BCUT2D eigenvalue weighted by molar-refractivity contribution is 0.660. The van der Waals surface area contributed by atoms with Crippen molar-refractivity contribution in [2.24, 2.45) is 0 Å². The summed E-state index contributed by atoms with van der Waals surface area (Å²) in [5, 5.41) is 10.5. The monoisotopic (exact) mass is 520 g/mol. The Morgan fingerprint density at radius 1 is 0.366 bits per heavy atom. The second kappa shape index (κ2) is 8.05. The lowest BCUT2D eigenvalue weighted by atomic mass is 9.81. The predicted molar refractivity (Wildman–Crippen MR) is 176 cm³/mol. The van der Waals surface area contributed by atoms with E-state index in [-0.39, 0.29) is 5.41 Å². The second-order valence-corrected chi connectivity index (χ2v) is 12.2. The van der Waals surface area contributed by atoms with Crippen molar-refractivity contribution in [3.63, 3.8) is 0 Å². The van der Waals surface area contributed by atoms with Gasteiger partial charge in [-0.25, -0.2) is 0 Å². The molecule has 41 heavy (non-hydrogen) atoms. The van der Waals surface area contributed by atoms with E-state index in [9.17, 15) is 0 Å². The Balaban J connectivity index is 1.17. The summed E-state index contributed by atoms with van der Waals surface area (Å²) in [6.45, 7) is 4.70. The molecule has 0 radical (unpaired) electrons. The fourth-order valence-corrected chi connectivity index (χ4v) is 7.48. The Kier molecular flexibility index (Phi) is 4.49. The Morgan fingerprint density at radius 3 is 1.83 bits per heavy atom. The minimum atomic E-state index is 0.00715. The summed E-state index contributed by atoms with van der Waals surface area (Å²) in [7, 11) is 0. The van der Waals surface area contributed by atoms with E-state index in [1.54, 1.807) is 0 Å². The molecule has 0 aliphatic heterocycles. The number of fused-ring (bicyclic) bond motifs is 4. The van der Waals surface area contributed by atoms with Gasteiger partial charge in [-0.3, -0.25) is 0 Å². The third kappa shape index (κ3) is 3.16. The first-order chi connectivity index (χ1) is 20.1. The molecule has 0 fully saturated rings. The highest BCUT2D eigenvalue weighted by Crippen LogP contribution is 2.49. The van der Waals surface area contributed by atoms with Gasteiger partial charge in [-0.2, -0.15) is 0 Å². The Labute approximate surface area is 239 Å². The largest absolute Gasteiger partial charge is 0.0619 e. The molecule has 0 amide bonds. The fraction of sp³-hybridized carbons (Fsp3) is 0.0732. The van der Waals surface area contributed by atoms with Crippen molar-refractivity contribution in [1.82, 2.24) is 0 Å². The molecule has 8 aromatic rings. The first-order valence-corrected chi connectivity index (χ1v) is 14.5. The zero-order valence-electron chi connectivity index (χ0n) is 23.2. The van der Waals surface area contributed by atoms with Crippen molar-refractivity contribution in [3.05, 3.63) is 145 Å². The van der Waals surface area contributed by atoms with Gasteiger partial charge in [0.05, 0.1) is 0 Å². The molecule has 0 aromatic heterocycles. The van der Waals surface area contributed by atoms with E-state index in [2.05, 4.69) is 147 Å². The first-order valence-electron chi connectivity index (χ1n) is 14.5. The maximum absolute atomic E-state index is 2.41. The van der Waals surface area contributed by atoms with Crippen LogP contribution in [-0.4, -0.2) is 0 Å². The van der Waals surface area contributed by atoms with Gasteiger partial charge in [0.2, 0.25) is 0 Å². The molecule has 0 N–H and O–H groups in total. The van der Waals surface area contributed by atoms with Gasteiger partial charge in [-0.15, -0.1) is 0 Å². The van der Waals surface area contributed by atoms with Gasteiger partial charge in [0.25, 0.3) is 0 Å². The van der Waals surface area contributed by atoms with Crippen LogP contribution in [0.3, 0.4) is 0 Å². The quantitative estimate of drug-likeness (QED) is 0.199. The molecular weight excluding hydrogens is 492 g/mol. The van der Waals surface area contributed by atoms with Gasteiger partial charge < -0.3 is 0 Å². The van der Waals surface area contributed by atoms with Crippen molar-refractivity contribution in [3.8, 4) is 33.4 Å². The summed E-state index contributed by atoms with van der Waals surface area (Å²) in [6.07, 6.45) is 0. The van der Waals surface area contributed by atoms with Crippen LogP contribution in [0.2, 0.25) is 0 Å². The van der Waals surface area contributed by atoms with E-state index in [0.29, 0.717) is 0 Å². The highest BCUT2D eigenvalue weighted by atomic mass is 14.4. The Morgan fingerprint density at radius 2 is 0.976 bits per heavy atom. The van der Waals surface area contributed by atoms with Crippen LogP contribution in [0.4, 0.5) is 0 Å². The SMILES string of the molecule is CC1(C)c2ccccc2-c2ccc(-c3ccc4cc(-c5cc6cccc7ccc8cccc5c8c76)ccc4c3)cc21. The zero-order valence-corrected chi connectivity index (χ0v) is 23.2. The van der Waals surface area contributed by atoms with Crippen LogP contribution in [0, 0.1) is 0 Å². The van der Waals surface area contributed by atoms with E-state index in [0.717, 1.165) is 0 Å². The molecule has 8 aromatic carbocycles. The summed E-state index contributed by atoms with van der Waals surface area (Å²) in [5.74, 6) is 0. The van der Waals surface area contributed by atoms with Gasteiger partial charge in [0.1, 0.15) is 0 Å². The van der Waals surface area contributed by atoms with Gasteiger partial charge in [0.15, 0.2) is 0 Å². The lowest BCUT2D eigenvalue weighted by Crippen LogP contribution is -2.14. The molecule has 0 heterocycles. The molecule has 9 rings (SSSR count). The van der Waals surface area contributed by atoms with Crippen molar-refractivity contribution in [2.45, 2.75) is 19.3 Å². The average Bonchev–Trinajstić information content (AvgIpc) is 3.25. The minimum Gasteiger partial charge on any atom is -0.0619 e. The molecule has 1 aliphatic rings. The highest BCUT2D eigenvalue weighted by Gasteiger charge is 2.35. The maximum Gasteiger partial charge on any atom is 0.0159 e. The van der Waals surface area contributed by atoms with Crippen LogP contribution >= 0.6 is 0 Å². The average molecular weight is 521 g/mol. The summed E-state index contributed by atoms with van der Waals surface area (Å²) in [5.41, 5.74) is 10.7. The topological polar surface area (TPSA) is 0 Å². The van der Waals surface area contributed by atoms with Crippen LogP contribution in [0.5, 0.6) is 0 Å². The van der Waals surface area contributed by atoms with Crippen molar-refractivity contribution >= 4 is 43.1 Å². The van der Waals surface area contributed by atoms with Crippen LogP contribution in [-0.2, 0) is 5.41 Å². The number of benzene rings is 8. The molecular formula is C41H28. The normalized spacial score (nSPS) is 13.8. The van der Waals surface area contributed by atoms with Crippen molar-refractivity contribution in [2.75, 3.05) is 0 Å². The standard InChI is InChI=1S/C41H28/c1-41(2)37-12-4-3-10-33(37)34-20-19-30(24-38(34)41)28-15-16-29-22-31(18-17-27(29)21-28)36-23-32-9-5-7-25-13-14-26-8-6-11-35(36)40(26)39(25)32/h3-24H,1-2H3. The van der Waals surface area contributed by atoms with E-state index in [1.165, 1.54) is 87.6 Å². The summed E-state index contributed by atoms with van der Waals surface area (Å²) >= 11 is 0. The van der Waals surface area contributed by atoms with Gasteiger partial charge in [-0.05, 0) is 112 Å². The molecule has 0 spiro atoms. The lowest BCUT2D eigenvalue weighted by Gasteiger charge is -2.22. The third-order valence-electron chi connectivity index (χ3n) is 9.58. The van der Waals surface area contributed by atoms with E-state index in [1.807, 2.05) is 0 Å². The van der Waals surface area contributed by atoms with Crippen LogP contribution in [0.1, 0.15) is 25.0 Å². The van der Waals surface area contributed by atoms with Gasteiger partial charge >= 0.3 is 0 Å². The van der Waals surface area contributed by atoms with Crippen LogP contribution < -0.4 is 0 Å². The molecule has 0 bridgehead atoms. The maximum atomic E-state index is 2.41. The molecule has 1 aliphatic carbocycles. The number of rotatable bonds is 2. The van der Waals surface area contributed by atoms with Crippen LogP contribution in [0.15, 0.2) is 133 Å². The molecule has 0 saturated heterocycles. The molecule has 0 atom stereocenters. The van der Waals surface area contributed by atoms with Crippen LogP contribution in [0.25, 0.3) is 76.5 Å². The van der Waals surface area contributed by atoms with Crippen molar-refractivity contribution < 1.29 is 0 Å². The van der Waals surface area contributed by atoms with Gasteiger partial charge in [-0.1, -0.05) is 123 Å². The fourth-order valence-electron chi connectivity index (χ4n) is 7.48. The Hall–Kier alpha value is -4.94. The molecule has 0 heteroatoms. The summed E-state index contributed by atoms with van der Waals surface area (Å²) in [4.78, 5) is 0. The molecule has 0 nitrogen and oxygen atoms in total. The number of hydrogen-bond donors (Lipinski definition) is 0. The molecule has 0 unspecified atom stereocenters. The first kappa shape index (κ1) is 22.8. The van der Waals surface area contributed by atoms with E-state index < -0.39 is 0 Å². The smallest absolute Gasteiger partial charge is 0.0159 e. The third-order valence-corrected chi connectivity index (χ3v) is 9.58. The number of hydrogen-bond acceptors (Lipinski definition) is 0. The van der Waals surface area contributed by atoms with Crippen molar-refractivity contribution in [1.29, 1.82) is 0 Å². The molecule has 192 valence electrons. The zero-order chi connectivity index (χ0) is 27.3. The highest BCUT2D eigenvalue weighted by molar-refractivity contribution is 6.26. The van der Waals surface area contributed by atoms with E-state index in [4.69, 9.17) is 0 Å².